The normalized spacial score (nSPS) is 21.2. The van der Waals surface area contributed by atoms with Crippen LogP contribution in [-0.2, 0) is 30.1 Å². The van der Waals surface area contributed by atoms with Crippen molar-refractivity contribution in [2.45, 2.75) is 37.5 Å². The Kier molecular flexibility index (Phi) is 9.09. The van der Waals surface area contributed by atoms with Crippen LogP contribution in [0.15, 0.2) is 42.5 Å². The predicted molar refractivity (Wildman–Crippen MR) is 117 cm³/mol. The Morgan fingerprint density at radius 1 is 0.879 bits per heavy atom. The molecule has 0 radical (unpaired) electrons. The first-order valence-electron chi connectivity index (χ1n) is 10.1. The average Bonchev–Trinajstić information content (AvgIpc) is 3.10. The van der Waals surface area contributed by atoms with E-state index in [1.165, 1.54) is 0 Å². The van der Waals surface area contributed by atoms with Crippen molar-refractivity contribution in [1.29, 1.82) is 0 Å². The first-order chi connectivity index (χ1) is 14.6. The van der Waals surface area contributed by atoms with E-state index in [2.05, 4.69) is 10.2 Å². The summed E-state index contributed by atoms with van der Waals surface area (Å²) in [7, 11) is 0. The summed E-state index contributed by atoms with van der Waals surface area (Å²) in [4.78, 5) is 2.26. The van der Waals surface area contributed by atoms with Gasteiger partial charge >= 0.3 is 12.4 Å². The highest BCUT2D eigenvalue weighted by atomic mass is 35.5. The molecule has 1 N–H and O–H groups in total. The van der Waals surface area contributed by atoms with Crippen molar-refractivity contribution in [1.82, 2.24) is 10.2 Å². The molecule has 0 bridgehead atoms. The topological polar surface area (TPSA) is 24.5 Å². The van der Waals surface area contributed by atoms with Crippen molar-refractivity contribution in [3.63, 3.8) is 0 Å². The monoisotopic (exact) mass is 516 g/mol. The standard InChI is InChI=1S/C22H22F6N2O.2ClH/c23-21(24,25)16-9-14(10-17(12-16)22(26,27)28)13-31-19-11-15-3-1-2-4-18(15)20(19)30-7-5-29-6-8-30;;/h1-4,9-10,12,19-20,29H,5-8,11,13H2;2*1H. The first-order valence-corrected chi connectivity index (χ1v) is 10.1. The number of hydrogen-bond acceptors (Lipinski definition) is 3. The van der Waals surface area contributed by atoms with Gasteiger partial charge in [-0.05, 0) is 34.9 Å². The minimum atomic E-state index is -4.87. The van der Waals surface area contributed by atoms with Crippen LogP contribution in [-0.4, -0.2) is 37.2 Å². The summed E-state index contributed by atoms with van der Waals surface area (Å²) in [6, 6.07) is 9.37. The van der Waals surface area contributed by atoms with Gasteiger partial charge in [0.2, 0.25) is 0 Å². The zero-order chi connectivity index (χ0) is 22.2. The van der Waals surface area contributed by atoms with E-state index in [9.17, 15) is 26.3 Å². The SMILES string of the molecule is Cl.Cl.FC(F)(F)c1cc(COC2Cc3ccccc3C2N2CCNCC2)cc(C(F)(F)F)c1. The second kappa shape index (κ2) is 10.8. The fraction of sp³-hybridized carbons (Fsp3) is 0.455. The van der Waals surface area contributed by atoms with E-state index in [1.54, 1.807) is 0 Å². The molecule has 11 heteroatoms. The molecule has 3 nitrogen and oxygen atoms in total. The fourth-order valence-electron chi connectivity index (χ4n) is 4.39. The molecule has 1 heterocycles. The molecule has 2 atom stereocenters. The highest BCUT2D eigenvalue weighted by molar-refractivity contribution is 5.85. The van der Waals surface area contributed by atoms with Crippen LogP contribution in [0.4, 0.5) is 26.3 Å². The lowest BCUT2D eigenvalue weighted by atomic mass is 10.0. The van der Waals surface area contributed by atoms with Gasteiger partial charge in [0.25, 0.3) is 0 Å². The molecule has 1 saturated heterocycles. The Morgan fingerprint density at radius 2 is 1.45 bits per heavy atom. The highest BCUT2D eigenvalue weighted by Gasteiger charge is 2.39. The second-order valence-electron chi connectivity index (χ2n) is 7.90. The number of benzene rings is 2. The Balaban J connectivity index is 0.00000193. The molecule has 2 aromatic carbocycles. The van der Waals surface area contributed by atoms with E-state index in [0.717, 1.165) is 49.4 Å². The minimum absolute atomic E-state index is 0. The molecule has 0 saturated carbocycles. The maximum absolute atomic E-state index is 13.1. The summed E-state index contributed by atoms with van der Waals surface area (Å²) in [6.45, 7) is 2.89. The van der Waals surface area contributed by atoms with Gasteiger partial charge in [0.1, 0.15) is 0 Å². The largest absolute Gasteiger partial charge is 0.416 e. The average molecular weight is 517 g/mol. The van der Waals surface area contributed by atoms with Crippen molar-refractivity contribution < 1.29 is 31.1 Å². The van der Waals surface area contributed by atoms with Gasteiger partial charge in [0.05, 0.1) is 29.9 Å². The Labute approximate surface area is 200 Å². The van der Waals surface area contributed by atoms with Crippen molar-refractivity contribution in [3.05, 3.63) is 70.3 Å². The maximum atomic E-state index is 13.1. The number of nitrogens with one attached hydrogen (secondary N) is 1. The van der Waals surface area contributed by atoms with Gasteiger partial charge in [-0.25, -0.2) is 0 Å². The highest BCUT2D eigenvalue weighted by Crippen LogP contribution is 2.39. The first kappa shape index (κ1) is 27.7. The van der Waals surface area contributed by atoms with Gasteiger partial charge < -0.3 is 10.1 Å². The molecule has 2 unspecified atom stereocenters. The second-order valence-corrected chi connectivity index (χ2v) is 7.90. The lowest BCUT2D eigenvalue weighted by molar-refractivity contribution is -0.143. The van der Waals surface area contributed by atoms with E-state index >= 15 is 0 Å². The molecular weight excluding hydrogens is 493 g/mol. The van der Waals surface area contributed by atoms with Gasteiger partial charge in [-0.3, -0.25) is 4.90 Å². The summed E-state index contributed by atoms with van der Waals surface area (Å²) in [5.41, 5.74) is -0.591. The van der Waals surface area contributed by atoms with Gasteiger partial charge in [-0.1, -0.05) is 24.3 Å². The number of hydrogen-bond donors (Lipinski definition) is 1. The number of piperazine rings is 1. The summed E-state index contributed by atoms with van der Waals surface area (Å²) in [5, 5.41) is 3.28. The van der Waals surface area contributed by atoms with Gasteiger partial charge in [-0.2, -0.15) is 26.3 Å². The van der Waals surface area contributed by atoms with Crippen molar-refractivity contribution >= 4 is 24.8 Å². The van der Waals surface area contributed by atoms with E-state index in [1.807, 2.05) is 24.3 Å². The molecule has 184 valence electrons. The molecule has 1 aliphatic carbocycles. The van der Waals surface area contributed by atoms with E-state index in [0.29, 0.717) is 6.42 Å². The lowest BCUT2D eigenvalue weighted by Gasteiger charge is -2.36. The number of ether oxygens (including phenoxy) is 1. The summed E-state index contributed by atoms with van der Waals surface area (Å²) >= 11 is 0. The zero-order valence-corrected chi connectivity index (χ0v) is 19.0. The molecular formula is C22H24Cl2F6N2O. The van der Waals surface area contributed by atoms with E-state index < -0.39 is 23.5 Å². The Hall–Kier alpha value is -1.52. The quantitative estimate of drug-likeness (QED) is 0.531. The summed E-state index contributed by atoms with van der Waals surface area (Å²) < 4.78 is 84.8. The zero-order valence-electron chi connectivity index (χ0n) is 17.4. The summed E-state index contributed by atoms with van der Waals surface area (Å²) in [6.07, 6.45) is -9.53. The molecule has 33 heavy (non-hydrogen) atoms. The van der Waals surface area contributed by atoms with Crippen molar-refractivity contribution in [3.8, 4) is 0 Å². The molecule has 2 aliphatic rings. The van der Waals surface area contributed by atoms with Crippen LogP contribution in [0.1, 0.15) is 33.9 Å². The molecule has 2 aromatic rings. The Bertz CT molecular complexity index is 900. The lowest BCUT2D eigenvalue weighted by Crippen LogP contribution is -2.47. The third-order valence-electron chi connectivity index (χ3n) is 5.80. The van der Waals surface area contributed by atoms with Crippen molar-refractivity contribution in [2.24, 2.45) is 0 Å². The van der Waals surface area contributed by atoms with Crippen LogP contribution in [0.25, 0.3) is 0 Å². The smallest absolute Gasteiger partial charge is 0.371 e. The van der Waals surface area contributed by atoms with Crippen LogP contribution in [0.2, 0.25) is 0 Å². The number of halogens is 8. The van der Waals surface area contributed by atoms with Crippen LogP contribution in [0.5, 0.6) is 0 Å². The number of fused-ring (bicyclic) bond motifs is 1. The summed E-state index contributed by atoms with van der Waals surface area (Å²) in [5.74, 6) is 0. The van der Waals surface area contributed by atoms with Crippen LogP contribution >= 0.6 is 24.8 Å². The fourth-order valence-corrected chi connectivity index (χ4v) is 4.39. The van der Waals surface area contributed by atoms with Crippen LogP contribution < -0.4 is 5.32 Å². The number of alkyl halides is 6. The maximum Gasteiger partial charge on any atom is 0.416 e. The number of nitrogens with zero attached hydrogens (tertiary/aromatic N) is 1. The minimum Gasteiger partial charge on any atom is -0.371 e. The van der Waals surface area contributed by atoms with Gasteiger partial charge in [-0.15, -0.1) is 24.8 Å². The molecule has 0 amide bonds. The molecule has 4 rings (SSSR count). The van der Waals surface area contributed by atoms with Crippen molar-refractivity contribution in [2.75, 3.05) is 26.2 Å². The van der Waals surface area contributed by atoms with Gasteiger partial charge in [0, 0.05) is 32.6 Å². The third-order valence-corrected chi connectivity index (χ3v) is 5.80. The molecule has 1 fully saturated rings. The number of rotatable bonds is 4. The molecule has 0 spiro atoms. The Morgan fingerprint density at radius 3 is 2.03 bits per heavy atom. The molecule has 0 aromatic heterocycles. The van der Waals surface area contributed by atoms with E-state index in [4.69, 9.17) is 4.74 Å². The van der Waals surface area contributed by atoms with E-state index in [-0.39, 0.29) is 55.2 Å². The van der Waals surface area contributed by atoms with Crippen LogP contribution in [0.3, 0.4) is 0 Å². The van der Waals surface area contributed by atoms with Crippen LogP contribution in [0, 0.1) is 0 Å². The predicted octanol–water partition coefficient (Wildman–Crippen LogP) is 5.66. The third kappa shape index (κ3) is 6.33. The van der Waals surface area contributed by atoms with Gasteiger partial charge in [0.15, 0.2) is 0 Å². The molecule has 1 aliphatic heterocycles.